The van der Waals surface area contributed by atoms with Crippen LogP contribution in [0.3, 0.4) is 0 Å². The van der Waals surface area contributed by atoms with E-state index in [4.69, 9.17) is 0 Å². The molecule has 39 heavy (non-hydrogen) atoms. The molecule has 0 amide bonds. The predicted octanol–water partition coefficient (Wildman–Crippen LogP) is 8.84. The molecule has 0 spiro atoms. The molecule has 2 fully saturated rings. The smallest absolute Gasteiger partial charge is 0.144 e. The first-order chi connectivity index (χ1) is 19.0. The first kappa shape index (κ1) is 26.7. The van der Waals surface area contributed by atoms with Crippen LogP contribution in [0.5, 0.6) is 0 Å². The van der Waals surface area contributed by atoms with Crippen LogP contribution in [0.1, 0.15) is 117 Å². The van der Waals surface area contributed by atoms with Gasteiger partial charge in [0.05, 0.1) is 0 Å². The summed E-state index contributed by atoms with van der Waals surface area (Å²) in [6.45, 7) is 4.56. The number of rotatable bonds is 7. The minimum atomic E-state index is 0.00328. The summed E-state index contributed by atoms with van der Waals surface area (Å²) in [6, 6.07) is 15.0. The maximum atomic E-state index is 13.2. The van der Waals surface area contributed by atoms with E-state index in [0.29, 0.717) is 23.9 Å². The van der Waals surface area contributed by atoms with Crippen molar-refractivity contribution in [3.8, 4) is 0 Å². The third-order valence-corrected chi connectivity index (χ3v) is 11.0. The fourth-order valence-corrected chi connectivity index (χ4v) is 8.63. The van der Waals surface area contributed by atoms with E-state index in [-0.39, 0.29) is 11.8 Å². The molecular weight excluding hydrogens is 476 g/mol. The summed E-state index contributed by atoms with van der Waals surface area (Å²) in [5, 5.41) is 0. The molecule has 2 nitrogen and oxygen atoms in total. The van der Waals surface area contributed by atoms with E-state index in [1.807, 2.05) is 6.07 Å². The van der Waals surface area contributed by atoms with Crippen molar-refractivity contribution in [1.29, 1.82) is 0 Å². The number of benzene rings is 2. The van der Waals surface area contributed by atoms with Gasteiger partial charge in [-0.2, -0.15) is 0 Å². The van der Waals surface area contributed by atoms with E-state index in [2.05, 4.69) is 56.3 Å². The summed E-state index contributed by atoms with van der Waals surface area (Å²) in [5.74, 6) is 3.72. The molecule has 2 aromatic carbocycles. The Kier molecular flexibility index (Phi) is 7.92. The molecule has 4 aliphatic carbocycles. The SMILES string of the molecule is Cc1cccc(CC(=O)C2CCc3cc(C4CC(C5CCC(C(C)C6=CCCCC6)CC5)CC4=O)ccc32)c1. The number of fused-ring (bicyclic) bond motifs is 1. The van der Waals surface area contributed by atoms with Gasteiger partial charge in [-0.1, -0.05) is 66.6 Å². The molecule has 0 bridgehead atoms. The summed E-state index contributed by atoms with van der Waals surface area (Å²) < 4.78 is 0. The summed E-state index contributed by atoms with van der Waals surface area (Å²) >= 11 is 0. The second kappa shape index (κ2) is 11.6. The lowest BCUT2D eigenvalue weighted by Gasteiger charge is -2.36. The van der Waals surface area contributed by atoms with Crippen LogP contribution in [-0.4, -0.2) is 11.6 Å². The summed E-state index contributed by atoms with van der Waals surface area (Å²) in [6.07, 6.45) is 17.4. The van der Waals surface area contributed by atoms with Crippen LogP contribution in [0, 0.1) is 30.6 Å². The lowest BCUT2D eigenvalue weighted by Crippen LogP contribution is -2.25. The zero-order valence-corrected chi connectivity index (χ0v) is 24.1. The Morgan fingerprint density at radius 1 is 0.949 bits per heavy atom. The lowest BCUT2D eigenvalue weighted by molar-refractivity contribution is -0.120. The molecule has 2 aromatic rings. The van der Waals surface area contributed by atoms with Crippen LogP contribution < -0.4 is 0 Å². The largest absolute Gasteiger partial charge is 0.299 e. The van der Waals surface area contributed by atoms with Gasteiger partial charge in [0.25, 0.3) is 0 Å². The molecular formula is C37H46O2. The van der Waals surface area contributed by atoms with Gasteiger partial charge in [-0.15, -0.1) is 0 Å². The van der Waals surface area contributed by atoms with Crippen molar-refractivity contribution in [3.05, 3.63) is 81.9 Å². The zero-order valence-electron chi connectivity index (χ0n) is 24.1. The van der Waals surface area contributed by atoms with Crippen LogP contribution in [0.25, 0.3) is 0 Å². The van der Waals surface area contributed by atoms with Crippen LogP contribution in [-0.2, 0) is 22.4 Å². The van der Waals surface area contributed by atoms with Crippen molar-refractivity contribution < 1.29 is 9.59 Å². The molecule has 4 unspecified atom stereocenters. The normalized spacial score (nSPS) is 29.6. The van der Waals surface area contributed by atoms with E-state index < -0.39 is 0 Å². The predicted molar refractivity (Wildman–Crippen MR) is 159 cm³/mol. The monoisotopic (exact) mass is 522 g/mol. The third kappa shape index (κ3) is 5.72. The molecule has 4 atom stereocenters. The van der Waals surface area contributed by atoms with Crippen molar-refractivity contribution in [2.24, 2.45) is 23.7 Å². The van der Waals surface area contributed by atoms with Crippen molar-refractivity contribution in [2.45, 2.75) is 109 Å². The molecule has 0 heterocycles. The summed E-state index contributed by atoms with van der Waals surface area (Å²) in [7, 11) is 0. The fraction of sp³-hybridized carbons (Fsp3) is 0.568. The number of hydrogen-bond donors (Lipinski definition) is 0. The van der Waals surface area contributed by atoms with Crippen LogP contribution in [0.4, 0.5) is 0 Å². The number of carbonyl (C=O) groups excluding carboxylic acids is 2. The van der Waals surface area contributed by atoms with Gasteiger partial charge < -0.3 is 0 Å². The third-order valence-electron chi connectivity index (χ3n) is 11.0. The highest BCUT2D eigenvalue weighted by molar-refractivity contribution is 5.90. The van der Waals surface area contributed by atoms with Gasteiger partial charge in [0.15, 0.2) is 0 Å². The van der Waals surface area contributed by atoms with E-state index in [0.717, 1.165) is 49.0 Å². The van der Waals surface area contributed by atoms with Crippen molar-refractivity contribution in [1.82, 2.24) is 0 Å². The number of hydrogen-bond acceptors (Lipinski definition) is 2. The molecule has 6 rings (SSSR count). The van der Waals surface area contributed by atoms with Gasteiger partial charge in [-0.05, 0) is 123 Å². The molecule has 0 aromatic heterocycles. The highest BCUT2D eigenvalue weighted by Gasteiger charge is 2.40. The number of aryl methyl sites for hydroxylation is 2. The van der Waals surface area contributed by atoms with E-state index in [9.17, 15) is 9.59 Å². The molecule has 0 saturated heterocycles. The lowest BCUT2D eigenvalue weighted by atomic mass is 9.69. The Hall–Kier alpha value is -2.48. The number of Topliss-reactive ketones (excluding diaryl/α,β-unsaturated/α-hetero) is 2. The molecule has 4 aliphatic rings. The van der Waals surface area contributed by atoms with Gasteiger partial charge in [0, 0.05) is 24.7 Å². The van der Waals surface area contributed by atoms with Gasteiger partial charge in [-0.25, -0.2) is 0 Å². The topological polar surface area (TPSA) is 34.1 Å². The average molecular weight is 523 g/mol. The summed E-state index contributed by atoms with van der Waals surface area (Å²) in [4.78, 5) is 26.4. The molecule has 0 radical (unpaired) electrons. The quantitative estimate of drug-likeness (QED) is 0.340. The van der Waals surface area contributed by atoms with Gasteiger partial charge in [-0.3, -0.25) is 9.59 Å². The van der Waals surface area contributed by atoms with Crippen molar-refractivity contribution in [2.75, 3.05) is 0 Å². The molecule has 0 N–H and O–H groups in total. The van der Waals surface area contributed by atoms with Crippen molar-refractivity contribution in [3.63, 3.8) is 0 Å². The highest BCUT2D eigenvalue weighted by Crippen LogP contribution is 2.47. The number of ketones is 2. The van der Waals surface area contributed by atoms with Gasteiger partial charge >= 0.3 is 0 Å². The first-order valence-corrected chi connectivity index (χ1v) is 15.9. The fourth-order valence-electron chi connectivity index (χ4n) is 8.63. The molecule has 2 saturated carbocycles. The van der Waals surface area contributed by atoms with E-state index >= 15 is 0 Å². The average Bonchev–Trinajstić information content (AvgIpc) is 3.56. The van der Waals surface area contributed by atoms with Gasteiger partial charge in [0.1, 0.15) is 11.6 Å². The summed E-state index contributed by atoms with van der Waals surface area (Å²) in [5.41, 5.74) is 7.77. The first-order valence-electron chi connectivity index (χ1n) is 15.9. The van der Waals surface area contributed by atoms with Crippen molar-refractivity contribution >= 4 is 11.6 Å². The van der Waals surface area contributed by atoms with E-state index in [1.165, 1.54) is 73.6 Å². The van der Waals surface area contributed by atoms with Crippen LogP contribution >= 0.6 is 0 Å². The zero-order chi connectivity index (χ0) is 26.9. The van der Waals surface area contributed by atoms with Crippen LogP contribution in [0.15, 0.2) is 54.1 Å². The molecule has 2 heteroatoms. The van der Waals surface area contributed by atoms with E-state index in [1.54, 1.807) is 5.57 Å². The number of carbonyl (C=O) groups is 2. The minimum Gasteiger partial charge on any atom is -0.299 e. The number of allylic oxidation sites excluding steroid dienone is 2. The van der Waals surface area contributed by atoms with Crippen LogP contribution in [0.2, 0.25) is 0 Å². The standard InChI is InChI=1S/C37H46O2/c1-24-7-6-8-26(19-24)20-36(38)34-18-16-30-21-31(15-17-33(30)34)35-22-32(23-37(35)39)29-13-11-28(12-14-29)25(2)27-9-4-3-5-10-27/h6-9,15,17,19,21,25,28-29,32,34-35H,3-5,10-14,16,18,20,22-23H2,1-2H3. The maximum absolute atomic E-state index is 13.2. The Bertz CT molecular complexity index is 1240. The second-order valence-electron chi connectivity index (χ2n) is 13.4. The Morgan fingerprint density at radius 3 is 2.56 bits per heavy atom. The minimum absolute atomic E-state index is 0.00328. The second-order valence-corrected chi connectivity index (χ2v) is 13.4. The highest BCUT2D eigenvalue weighted by atomic mass is 16.1. The maximum Gasteiger partial charge on any atom is 0.144 e. The Morgan fingerprint density at radius 2 is 1.79 bits per heavy atom. The Balaban J connectivity index is 1.06. The molecule has 206 valence electrons. The molecule has 0 aliphatic heterocycles. The van der Waals surface area contributed by atoms with Gasteiger partial charge in [0.2, 0.25) is 0 Å². The Labute approximate surface area is 235 Å².